The number of carboxylic acids is 1. The van der Waals surface area contributed by atoms with Crippen LogP contribution in [0.5, 0.6) is 11.5 Å². The minimum Gasteiger partial charge on any atom is -0.481 e. The maximum Gasteiger partial charge on any atom is 0.419 e. The van der Waals surface area contributed by atoms with Gasteiger partial charge in [0.05, 0.1) is 12.0 Å². The number of rotatable bonds is 5. The highest BCUT2D eigenvalue weighted by atomic mass is 19.4. The van der Waals surface area contributed by atoms with Crippen LogP contribution in [0.25, 0.3) is 0 Å². The zero-order valence-corrected chi connectivity index (χ0v) is 11.9. The van der Waals surface area contributed by atoms with E-state index in [4.69, 9.17) is 15.6 Å². The van der Waals surface area contributed by atoms with Crippen LogP contribution in [0.15, 0.2) is 48.5 Å². The molecule has 0 aliphatic rings. The summed E-state index contributed by atoms with van der Waals surface area (Å²) in [7, 11) is 0. The van der Waals surface area contributed by atoms with Crippen LogP contribution in [0.4, 0.5) is 13.2 Å². The summed E-state index contributed by atoms with van der Waals surface area (Å²) in [5.41, 5.74) is 5.32. The van der Waals surface area contributed by atoms with Crippen LogP contribution < -0.4 is 10.5 Å². The fourth-order valence-electron chi connectivity index (χ4n) is 2.03. The lowest BCUT2D eigenvalue weighted by atomic mass is 10.0. The molecule has 0 aliphatic carbocycles. The van der Waals surface area contributed by atoms with Crippen LogP contribution in [-0.4, -0.2) is 11.1 Å². The van der Waals surface area contributed by atoms with Gasteiger partial charge in [-0.05, 0) is 29.8 Å². The first-order chi connectivity index (χ1) is 10.8. The van der Waals surface area contributed by atoms with Crippen molar-refractivity contribution < 1.29 is 27.8 Å². The number of hydrogen-bond acceptors (Lipinski definition) is 3. The zero-order chi connectivity index (χ0) is 17.0. The fourth-order valence-corrected chi connectivity index (χ4v) is 2.03. The Morgan fingerprint density at radius 2 is 1.87 bits per heavy atom. The van der Waals surface area contributed by atoms with Gasteiger partial charge in [0, 0.05) is 6.04 Å². The van der Waals surface area contributed by atoms with Gasteiger partial charge in [-0.15, -0.1) is 0 Å². The standard InChI is InChI=1S/C16H14F3NO3/c17-16(18,19)12-6-1-2-7-14(12)23-11-5-3-4-10(8-11)13(20)9-15(21)22/h1-8,13H,9,20H2,(H,21,22). The highest BCUT2D eigenvalue weighted by Crippen LogP contribution is 2.38. The van der Waals surface area contributed by atoms with E-state index in [1.807, 2.05) is 0 Å². The summed E-state index contributed by atoms with van der Waals surface area (Å²) < 4.78 is 44.1. The molecular formula is C16H14F3NO3. The summed E-state index contributed by atoms with van der Waals surface area (Å²) in [6.45, 7) is 0. The van der Waals surface area contributed by atoms with Crippen LogP contribution in [0, 0.1) is 0 Å². The van der Waals surface area contributed by atoms with Crippen LogP contribution in [0.2, 0.25) is 0 Å². The van der Waals surface area contributed by atoms with Gasteiger partial charge >= 0.3 is 12.1 Å². The molecule has 2 rings (SSSR count). The first-order valence-electron chi connectivity index (χ1n) is 6.69. The molecule has 0 saturated carbocycles. The number of halogens is 3. The number of benzene rings is 2. The Labute approximate surface area is 130 Å². The van der Waals surface area contributed by atoms with Crippen molar-refractivity contribution in [3.05, 3.63) is 59.7 Å². The van der Waals surface area contributed by atoms with Gasteiger partial charge in [0.2, 0.25) is 0 Å². The molecule has 0 saturated heterocycles. The van der Waals surface area contributed by atoms with Gasteiger partial charge in [-0.25, -0.2) is 0 Å². The molecule has 0 radical (unpaired) electrons. The summed E-state index contributed by atoms with van der Waals surface area (Å²) >= 11 is 0. The number of carbonyl (C=O) groups is 1. The minimum atomic E-state index is -4.53. The van der Waals surface area contributed by atoms with Gasteiger partial charge in [-0.1, -0.05) is 24.3 Å². The third kappa shape index (κ3) is 4.46. The second-order valence-electron chi connectivity index (χ2n) is 4.87. The zero-order valence-electron chi connectivity index (χ0n) is 11.9. The van der Waals surface area contributed by atoms with Gasteiger partial charge in [0.15, 0.2) is 0 Å². The first-order valence-corrected chi connectivity index (χ1v) is 6.69. The molecule has 0 fully saturated rings. The Bertz CT molecular complexity index is 701. The number of hydrogen-bond donors (Lipinski definition) is 2. The van der Waals surface area contributed by atoms with E-state index in [1.165, 1.54) is 30.3 Å². The van der Waals surface area contributed by atoms with Crippen molar-refractivity contribution in [1.29, 1.82) is 0 Å². The molecule has 0 aliphatic heterocycles. The summed E-state index contributed by atoms with van der Waals surface area (Å²) in [6, 6.07) is 10.1. The molecular weight excluding hydrogens is 311 g/mol. The molecule has 0 bridgehead atoms. The number of aliphatic carboxylic acids is 1. The monoisotopic (exact) mass is 325 g/mol. The molecule has 3 N–H and O–H groups in total. The van der Waals surface area contributed by atoms with Gasteiger partial charge in [0.1, 0.15) is 11.5 Å². The predicted octanol–water partition coefficient (Wildman–Crippen LogP) is 3.97. The molecule has 0 heterocycles. The predicted molar refractivity (Wildman–Crippen MR) is 77.1 cm³/mol. The lowest BCUT2D eigenvalue weighted by Crippen LogP contribution is -2.14. The number of alkyl halides is 3. The van der Waals surface area contributed by atoms with Crippen molar-refractivity contribution in [2.45, 2.75) is 18.6 Å². The number of ether oxygens (including phenoxy) is 1. The van der Waals surface area contributed by atoms with E-state index in [0.717, 1.165) is 6.07 Å². The molecule has 122 valence electrons. The highest BCUT2D eigenvalue weighted by molar-refractivity contribution is 5.68. The van der Waals surface area contributed by atoms with E-state index in [9.17, 15) is 18.0 Å². The van der Waals surface area contributed by atoms with Crippen molar-refractivity contribution in [3.8, 4) is 11.5 Å². The van der Waals surface area contributed by atoms with E-state index >= 15 is 0 Å². The maximum absolute atomic E-state index is 12.9. The first kappa shape index (κ1) is 16.8. The van der Waals surface area contributed by atoms with E-state index in [0.29, 0.717) is 5.56 Å². The second-order valence-corrected chi connectivity index (χ2v) is 4.87. The van der Waals surface area contributed by atoms with Crippen LogP contribution in [0.3, 0.4) is 0 Å². The third-order valence-corrected chi connectivity index (χ3v) is 3.10. The fraction of sp³-hybridized carbons (Fsp3) is 0.188. The molecule has 1 atom stereocenters. The Morgan fingerprint density at radius 1 is 1.17 bits per heavy atom. The summed E-state index contributed by atoms with van der Waals surface area (Å²) in [5.74, 6) is -1.24. The molecule has 2 aromatic rings. The summed E-state index contributed by atoms with van der Waals surface area (Å²) in [6.07, 6.45) is -4.82. The Kier molecular flexibility index (Phi) is 4.90. The molecule has 23 heavy (non-hydrogen) atoms. The van der Waals surface area contributed by atoms with Crippen molar-refractivity contribution in [2.24, 2.45) is 5.73 Å². The second kappa shape index (κ2) is 6.70. The highest BCUT2D eigenvalue weighted by Gasteiger charge is 2.34. The molecule has 0 amide bonds. The van der Waals surface area contributed by atoms with Crippen molar-refractivity contribution in [3.63, 3.8) is 0 Å². The van der Waals surface area contributed by atoms with E-state index in [1.54, 1.807) is 12.1 Å². The number of nitrogens with two attached hydrogens (primary N) is 1. The van der Waals surface area contributed by atoms with Crippen molar-refractivity contribution in [2.75, 3.05) is 0 Å². The van der Waals surface area contributed by atoms with E-state index in [2.05, 4.69) is 0 Å². The van der Waals surface area contributed by atoms with Crippen molar-refractivity contribution >= 4 is 5.97 Å². The third-order valence-electron chi connectivity index (χ3n) is 3.10. The van der Waals surface area contributed by atoms with Gasteiger partial charge < -0.3 is 15.6 Å². The summed E-state index contributed by atoms with van der Waals surface area (Å²) in [4.78, 5) is 10.7. The molecule has 4 nitrogen and oxygen atoms in total. The Balaban J connectivity index is 2.27. The summed E-state index contributed by atoms with van der Waals surface area (Å²) in [5, 5.41) is 8.74. The van der Waals surface area contributed by atoms with Crippen LogP contribution >= 0.6 is 0 Å². The average Bonchev–Trinajstić information content (AvgIpc) is 2.46. The molecule has 2 aromatic carbocycles. The van der Waals surface area contributed by atoms with E-state index < -0.39 is 23.8 Å². The number of para-hydroxylation sites is 1. The quantitative estimate of drug-likeness (QED) is 0.872. The number of carboxylic acid groups (broad SMARTS) is 1. The largest absolute Gasteiger partial charge is 0.481 e. The van der Waals surface area contributed by atoms with Gasteiger partial charge in [-0.3, -0.25) is 4.79 Å². The topological polar surface area (TPSA) is 72.6 Å². The smallest absolute Gasteiger partial charge is 0.419 e. The molecule has 0 spiro atoms. The van der Waals surface area contributed by atoms with Gasteiger partial charge in [0.25, 0.3) is 0 Å². The van der Waals surface area contributed by atoms with Crippen LogP contribution in [-0.2, 0) is 11.0 Å². The van der Waals surface area contributed by atoms with Crippen LogP contribution in [0.1, 0.15) is 23.6 Å². The van der Waals surface area contributed by atoms with Gasteiger partial charge in [-0.2, -0.15) is 13.2 Å². The molecule has 1 unspecified atom stereocenters. The lowest BCUT2D eigenvalue weighted by Gasteiger charge is -2.15. The SMILES string of the molecule is NC(CC(=O)O)c1cccc(Oc2ccccc2C(F)(F)F)c1. The minimum absolute atomic E-state index is 0.153. The lowest BCUT2D eigenvalue weighted by molar-refractivity contribution is -0.139. The average molecular weight is 325 g/mol. The Hall–Kier alpha value is -2.54. The Morgan fingerprint density at radius 3 is 2.52 bits per heavy atom. The molecule has 0 aromatic heterocycles. The van der Waals surface area contributed by atoms with Crippen molar-refractivity contribution in [1.82, 2.24) is 0 Å². The normalized spacial score (nSPS) is 12.7. The molecule has 7 heteroatoms. The maximum atomic E-state index is 12.9. The van der Waals surface area contributed by atoms with E-state index in [-0.39, 0.29) is 17.9 Å².